The van der Waals surface area contributed by atoms with E-state index >= 15 is 0 Å². The fourth-order valence-corrected chi connectivity index (χ4v) is 3.44. The molecule has 0 atom stereocenters. The van der Waals surface area contributed by atoms with Crippen LogP contribution in [0.25, 0.3) is 10.2 Å². The van der Waals surface area contributed by atoms with Crippen molar-refractivity contribution in [3.8, 4) is 0 Å². The second-order valence-corrected chi connectivity index (χ2v) is 6.07. The van der Waals surface area contributed by atoms with Gasteiger partial charge in [-0.15, -0.1) is 11.3 Å². The molecule has 5 heteroatoms. The number of fused-ring (bicyclic) bond motifs is 1. The number of nitrogens with zero attached hydrogens (tertiary/aromatic N) is 1. The number of rotatable bonds is 4. The van der Waals surface area contributed by atoms with Crippen LogP contribution in [0.5, 0.6) is 0 Å². The molecule has 0 saturated heterocycles. The Labute approximate surface area is 132 Å². The van der Waals surface area contributed by atoms with Crippen molar-refractivity contribution in [2.75, 3.05) is 0 Å². The minimum atomic E-state index is -0.0693. The summed E-state index contributed by atoms with van der Waals surface area (Å²) in [6.07, 6.45) is 0. The summed E-state index contributed by atoms with van der Waals surface area (Å²) < 4.78 is 3.17. The molecule has 0 spiro atoms. The average molecular weight is 319 g/mol. The van der Waals surface area contributed by atoms with Gasteiger partial charge >= 0.3 is 0 Å². The van der Waals surface area contributed by atoms with Crippen LogP contribution >= 0.6 is 22.9 Å². The Hall–Kier alpha value is -1.78. The first-order valence-electron chi connectivity index (χ1n) is 6.79. The van der Waals surface area contributed by atoms with Gasteiger partial charge in [-0.05, 0) is 36.1 Å². The molecule has 3 rings (SSSR count). The molecule has 0 unspecified atom stereocenters. The van der Waals surface area contributed by atoms with Gasteiger partial charge in [0, 0.05) is 18.1 Å². The standard InChI is InChI=1S/C16H15ClN2OS/c1-2-19-13-7-8-21-15(13)9-14(19)16(20)18-10-11-5-3-4-6-12(11)17/h3-9H,2,10H2,1H3,(H,18,20). The van der Waals surface area contributed by atoms with E-state index in [4.69, 9.17) is 11.6 Å². The van der Waals surface area contributed by atoms with Crippen molar-refractivity contribution >= 4 is 39.1 Å². The highest BCUT2D eigenvalue weighted by Gasteiger charge is 2.15. The smallest absolute Gasteiger partial charge is 0.268 e. The second-order valence-electron chi connectivity index (χ2n) is 4.72. The topological polar surface area (TPSA) is 34.0 Å². The van der Waals surface area contributed by atoms with Crippen molar-refractivity contribution in [1.82, 2.24) is 9.88 Å². The molecule has 1 aromatic carbocycles. The molecule has 108 valence electrons. The van der Waals surface area contributed by atoms with Gasteiger partial charge in [0.1, 0.15) is 5.69 Å². The van der Waals surface area contributed by atoms with E-state index in [-0.39, 0.29) is 5.91 Å². The molecule has 2 heterocycles. The molecule has 0 bridgehead atoms. The van der Waals surface area contributed by atoms with Crippen LogP contribution in [0.4, 0.5) is 0 Å². The zero-order chi connectivity index (χ0) is 14.8. The van der Waals surface area contributed by atoms with Crippen LogP contribution in [0.2, 0.25) is 5.02 Å². The maximum atomic E-state index is 12.4. The van der Waals surface area contributed by atoms with Gasteiger partial charge in [0.05, 0.1) is 10.2 Å². The Balaban J connectivity index is 1.81. The third-order valence-corrected chi connectivity index (χ3v) is 4.69. The predicted octanol–water partition coefficient (Wildman–Crippen LogP) is 4.31. The molecular weight excluding hydrogens is 304 g/mol. The Kier molecular flexibility index (Phi) is 3.99. The van der Waals surface area contributed by atoms with Gasteiger partial charge in [0.15, 0.2) is 0 Å². The summed E-state index contributed by atoms with van der Waals surface area (Å²) in [7, 11) is 0. The van der Waals surface area contributed by atoms with Crippen molar-refractivity contribution in [3.05, 3.63) is 58.1 Å². The number of aryl methyl sites for hydroxylation is 1. The molecule has 0 fully saturated rings. The number of amides is 1. The van der Waals surface area contributed by atoms with E-state index < -0.39 is 0 Å². The van der Waals surface area contributed by atoms with Crippen LogP contribution in [0, 0.1) is 0 Å². The van der Waals surface area contributed by atoms with E-state index in [9.17, 15) is 4.79 Å². The number of carbonyl (C=O) groups is 1. The molecular formula is C16H15ClN2OS. The summed E-state index contributed by atoms with van der Waals surface area (Å²) in [5.74, 6) is -0.0693. The van der Waals surface area contributed by atoms with Crippen molar-refractivity contribution in [2.24, 2.45) is 0 Å². The number of hydrogen-bond donors (Lipinski definition) is 1. The van der Waals surface area contributed by atoms with Gasteiger partial charge in [-0.2, -0.15) is 0 Å². The zero-order valence-corrected chi connectivity index (χ0v) is 13.2. The summed E-state index contributed by atoms with van der Waals surface area (Å²) >= 11 is 7.75. The molecule has 3 aromatic rings. The molecule has 1 N–H and O–H groups in total. The normalized spacial score (nSPS) is 11.0. The van der Waals surface area contributed by atoms with Crippen LogP contribution in [0.1, 0.15) is 23.0 Å². The first-order chi connectivity index (χ1) is 10.2. The van der Waals surface area contributed by atoms with Gasteiger partial charge in [-0.3, -0.25) is 4.79 Å². The molecule has 0 aliphatic heterocycles. The average Bonchev–Trinajstić information content (AvgIpc) is 3.06. The number of thiophene rings is 1. The number of halogens is 1. The molecule has 21 heavy (non-hydrogen) atoms. The molecule has 1 amide bonds. The lowest BCUT2D eigenvalue weighted by atomic mass is 10.2. The summed E-state index contributed by atoms with van der Waals surface area (Å²) in [6.45, 7) is 3.25. The maximum Gasteiger partial charge on any atom is 0.268 e. The lowest BCUT2D eigenvalue weighted by molar-refractivity contribution is 0.0942. The van der Waals surface area contributed by atoms with Gasteiger partial charge in [0.25, 0.3) is 5.91 Å². The van der Waals surface area contributed by atoms with E-state index in [1.807, 2.05) is 53.3 Å². The van der Waals surface area contributed by atoms with E-state index in [1.54, 1.807) is 11.3 Å². The first-order valence-corrected chi connectivity index (χ1v) is 8.04. The van der Waals surface area contributed by atoms with E-state index in [2.05, 4.69) is 5.32 Å². The van der Waals surface area contributed by atoms with Crippen LogP contribution < -0.4 is 5.32 Å². The van der Waals surface area contributed by atoms with Crippen LogP contribution in [-0.4, -0.2) is 10.5 Å². The van der Waals surface area contributed by atoms with Gasteiger partial charge in [0.2, 0.25) is 0 Å². The van der Waals surface area contributed by atoms with Crippen LogP contribution in [0.3, 0.4) is 0 Å². The monoisotopic (exact) mass is 318 g/mol. The van der Waals surface area contributed by atoms with E-state index in [0.717, 1.165) is 22.3 Å². The molecule has 2 aromatic heterocycles. The Morgan fingerprint density at radius 3 is 2.90 bits per heavy atom. The highest BCUT2D eigenvalue weighted by Crippen LogP contribution is 2.25. The Morgan fingerprint density at radius 1 is 1.33 bits per heavy atom. The fraction of sp³-hybridized carbons (Fsp3) is 0.188. The van der Waals surface area contributed by atoms with E-state index in [1.165, 1.54) is 0 Å². The summed E-state index contributed by atoms with van der Waals surface area (Å²) in [5.41, 5.74) is 2.74. The van der Waals surface area contributed by atoms with Crippen molar-refractivity contribution in [2.45, 2.75) is 20.0 Å². The largest absolute Gasteiger partial charge is 0.347 e. The highest BCUT2D eigenvalue weighted by molar-refractivity contribution is 7.17. The molecule has 0 saturated carbocycles. The third-order valence-electron chi connectivity index (χ3n) is 3.47. The number of benzene rings is 1. The molecule has 3 nitrogen and oxygen atoms in total. The number of hydrogen-bond acceptors (Lipinski definition) is 2. The lowest BCUT2D eigenvalue weighted by Crippen LogP contribution is -2.25. The van der Waals surface area contributed by atoms with Gasteiger partial charge in [-0.25, -0.2) is 0 Å². The van der Waals surface area contributed by atoms with Gasteiger partial charge in [-0.1, -0.05) is 29.8 Å². The minimum absolute atomic E-state index is 0.0693. The number of nitrogens with one attached hydrogen (secondary N) is 1. The molecule has 0 aliphatic carbocycles. The first kappa shape index (κ1) is 14.2. The van der Waals surface area contributed by atoms with Crippen LogP contribution in [-0.2, 0) is 13.1 Å². The van der Waals surface area contributed by atoms with Crippen LogP contribution in [0.15, 0.2) is 41.8 Å². The van der Waals surface area contributed by atoms with Crippen molar-refractivity contribution in [1.29, 1.82) is 0 Å². The summed E-state index contributed by atoms with van der Waals surface area (Å²) in [5, 5.41) is 5.66. The maximum absolute atomic E-state index is 12.4. The highest BCUT2D eigenvalue weighted by atomic mass is 35.5. The Bertz CT molecular complexity index is 791. The SMILES string of the molecule is CCn1c(C(=O)NCc2ccccc2Cl)cc2sccc21. The van der Waals surface area contributed by atoms with Crippen molar-refractivity contribution in [3.63, 3.8) is 0 Å². The number of aromatic nitrogens is 1. The number of carbonyl (C=O) groups excluding carboxylic acids is 1. The van der Waals surface area contributed by atoms with Gasteiger partial charge < -0.3 is 9.88 Å². The summed E-state index contributed by atoms with van der Waals surface area (Å²) in [6, 6.07) is 11.5. The van der Waals surface area contributed by atoms with E-state index in [0.29, 0.717) is 17.3 Å². The summed E-state index contributed by atoms with van der Waals surface area (Å²) in [4.78, 5) is 12.4. The minimum Gasteiger partial charge on any atom is -0.347 e. The quantitative estimate of drug-likeness (QED) is 0.764. The lowest BCUT2D eigenvalue weighted by Gasteiger charge is -2.09. The zero-order valence-electron chi connectivity index (χ0n) is 11.6. The second kappa shape index (κ2) is 5.92. The molecule has 0 aliphatic rings. The van der Waals surface area contributed by atoms with Crippen molar-refractivity contribution < 1.29 is 4.79 Å². The Morgan fingerprint density at radius 2 is 2.14 bits per heavy atom. The predicted molar refractivity (Wildman–Crippen MR) is 88.1 cm³/mol. The third kappa shape index (κ3) is 2.69. The fourth-order valence-electron chi connectivity index (χ4n) is 2.41. The molecule has 0 radical (unpaired) electrons.